The molecule has 0 spiro atoms. The second-order valence-corrected chi connectivity index (χ2v) is 4.65. The highest BCUT2D eigenvalue weighted by molar-refractivity contribution is 5.85. The van der Waals surface area contributed by atoms with Gasteiger partial charge in [-0.25, -0.2) is 9.59 Å². The molecule has 1 aliphatic heterocycles. The van der Waals surface area contributed by atoms with Gasteiger partial charge in [-0.1, -0.05) is 18.2 Å². The Kier molecular flexibility index (Phi) is 4.80. The summed E-state index contributed by atoms with van der Waals surface area (Å²) in [5.74, 6) is -0.140. The first-order chi connectivity index (χ1) is 10.1. The van der Waals surface area contributed by atoms with E-state index in [4.69, 9.17) is 14.2 Å². The van der Waals surface area contributed by atoms with Crippen molar-refractivity contribution in [3.05, 3.63) is 30.3 Å². The minimum Gasteiger partial charge on any atom is -0.462 e. The van der Waals surface area contributed by atoms with Gasteiger partial charge < -0.3 is 14.2 Å². The minimum atomic E-state index is -1.39. The lowest BCUT2D eigenvalue weighted by Gasteiger charge is -2.33. The summed E-state index contributed by atoms with van der Waals surface area (Å²) in [5.41, 5.74) is -1.39. The second-order valence-electron chi connectivity index (χ2n) is 4.65. The van der Waals surface area contributed by atoms with Gasteiger partial charge in [0.05, 0.1) is 6.61 Å². The van der Waals surface area contributed by atoms with Crippen molar-refractivity contribution in [1.82, 2.24) is 4.90 Å². The SMILES string of the molecule is CCOC(=O)[C@]1(OC)CCCN1C(=O)Oc1ccccc1. The molecule has 0 saturated carbocycles. The summed E-state index contributed by atoms with van der Waals surface area (Å²) in [6, 6.07) is 8.70. The first kappa shape index (κ1) is 15.3. The van der Waals surface area contributed by atoms with Crippen LogP contribution in [0.25, 0.3) is 0 Å². The van der Waals surface area contributed by atoms with E-state index in [9.17, 15) is 9.59 Å². The summed E-state index contributed by atoms with van der Waals surface area (Å²) >= 11 is 0. The first-order valence-electron chi connectivity index (χ1n) is 6.91. The highest BCUT2D eigenvalue weighted by Crippen LogP contribution is 2.32. The quantitative estimate of drug-likeness (QED) is 0.796. The van der Waals surface area contributed by atoms with Gasteiger partial charge in [-0.2, -0.15) is 0 Å². The standard InChI is InChI=1S/C15H19NO5/c1-3-20-13(17)15(19-2)10-7-11-16(15)14(18)21-12-8-5-4-6-9-12/h4-6,8-9H,3,7,10-11H2,1-2H3/t15-/m1/s1. The van der Waals surface area contributed by atoms with Crippen LogP contribution in [0.2, 0.25) is 0 Å². The largest absolute Gasteiger partial charge is 0.462 e. The van der Waals surface area contributed by atoms with Gasteiger partial charge in [0, 0.05) is 20.1 Å². The van der Waals surface area contributed by atoms with E-state index >= 15 is 0 Å². The molecular formula is C15H19NO5. The number of hydrogen-bond donors (Lipinski definition) is 0. The fourth-order valence-corrected chi connectivity index (χ4v) is 2.43. The zero-order valence-electron chi connectivity index (χ0n) is 12.2. The van der Waals surface area contributed by atoms with Gasteiger partial charge in [-0.3, -0.25) is 4.90 Å². The predicted octanol–water partition coefficient (Wildman–Crippen LogP) is 2.19. The van der Waals surface area contributed by atoms with E-state index in [1.54, 1.807) is 31.2 Å². The lowest BCUT2D eigenvalue weighted by Crippen LogP contribution is -2.56. The van der Waals surface area contributed by atoms with Crippen molar-refractivity contribution < 1.29 is 23.8 Å². The van der Waals surface area contributed by atoms with Gasteiger partial charge in [-0.05, 0) is 25.5 Å². The van der Waals surface area contributed by atoms with E-state index in [0.717, 1.165) is 0 Å². The van der Waals surface area contributed by atoms with Crippen molar-refractivity contribution in [1.29, 1.82) is 0 Å². The summed E-state index contributed by atoms with van der Waals surface area (Å²) in [6.07, 6.45) is 0.427. The van der Waals surface area contributed by atoms with Crippen molar-refractivity contribution in [3.63, 3.8) is 0 Å². The van der Waals surface area contributed by atoms with Crippen LogP contribution in [0, 0.1) is 0 Å². The number of nitrogens with zero attached hydrogens (tertiary/aromatic N) is 1. The number of benzene rings is 1. The fraction of sp³-hybridized carbons (Fsp3) is 0.467. The highest BCUT2D eigenvalue weighted by atomic mass is 16.6. The van der Waals surface area contributed by atoms with E-state index in [1.165, 1.54) is 12.0 Å². The summed E-state index contributed by atoms with van der Waals surface area (Å²) in [5, 5.41) is 0. The van der Waals surface area contributed by atoms with Crippen molar-refractivity contribution >= 4 is 12.1 Å². The number of hydrogen-bond acceptors (Lipinski definition) is 5. The van der Waals surface area contributed by atoms with Crippen LogP contribution < -0.4 is 4.74 Å². The first-order valence-corrected chi connectivity index (χ1v) is 6.91. The van der Waals surface area contributed by atoms with Crippen molar-refractivity contribution in [2.24, 2.45) is 0 Å². The Morgan fingerprint density at radius 2 is 2.00 bits per heavy atom. The molecule has 0 unspecified atom stereocenters. The highest BCUT2D eigenvalue weighted by Gasteiger charge is 2.52. The average Bonchev–Trinajstić information content (AvgIpc) is 2.94. The Morgan fingerprint density at radius 1 is 1.29 bits per heavy atom. The molecule has 1 saturated heterocycles. The summed E-state index contributed by atoms with van der Waals surface area (Å²) in [4.78, 5) is 25.8. The topological polar surface area (TPSA) is 65.1 Å². The molecule has 2 rings (SSSR count). The molecule has 1 aromatic carbocycles. The van der Waals surface area contributed by atoms with Crippen LogP contribution in [0.15, 0.2) is 30.3 Å². The van der Waals surface area contributed by atoms with Gasteiger partial charge in [-0.15, -0.1) is 0 Å². The monoisotopic (exact) mass is 293 g/mol. The molecule has 1 aromatic rings. The van der Waals surface area contributed by atoms with Crippen LogP contribution in [0.5, 0.6) is 5.75 Å². The molecule has 0 aromatic heterocycles. The van der Waals surface area contributed by atoms with Crippen molar-refractivity contribution in [2.75, 3.05) is 20.3 Å². The zero-order valence-corrected chi connectivity index (χ0v) is 12.2. The molecular weight excluding hydrogens is 274 g/mol. The van der Waals surface area contributed by atoms with Gasteiger partial charge in [0.2, 0.25) is 5.72 Å². The number of ether oxygens (including phenoxy) is 3. The molecule has 1 heterocycles. The molecule has 114 valence electrons. The molecule has 6 nitrogen and oxygen atoms in total. The zero-order chi connectivity index (χ0) is 15.3. The summed E-state index contributed by atoms with van der Waals surface area (Å²) in [7, 11) is 1.39. The normalized spacial score (nSPS) is 21.1. The van der Waals surface area contributed by atoms with E-state index < -0.39 is 17.8 Å². The maximum Gasteiger partial charge on any atom is 0.417 e. The molecule has 0 bridgehead atoms. The molecule has 0 aliphatic carbocycles. The maximum atomic E-state index is 12.3. The molecule has 1 amide bonds. The molecule has 0 N–H and O–H groups in total. The van der Waals surface area contributed by atoms with Gasteiger partial charge in [0.15, 0.2) is 0 Å². The number of likely N-dealkylation sites (tertiary alicyclic amines) is 1. The van der Waals surface area contributed by atoms with Crippen LogP contribution in [0.1, 0.15) is 19.8 Å². The van der Waals surface area contributed by atoms with Crippen LogP contribution >= 0.6 is 0 Å². The van der Waals surface area contributed by atoms with Crippen LogP contribution in [0.3, 0.4) is 0 Å². The second kappa shape index (κ2) is 6.58. The summed E-state index contributed by atoms with van der Waals surface area (Å²) in [6.45, 7) is 2.33. The van der Waals surface area contributed by atoms with Gasteiger partial charge >= 0.3 is 12.1 Å². The fourth-order valence-electron chi connectivity index (χ4n) is 2.43. The van der Waals surface area contributed by atoms with E-state index in [-0.39, 0.29) is 6.61 Å². The van der Waals surface area contributed by atoms with Gasteiger partial charge in [0.1, 0.15) is 5.75 Å². The number of carbonyl (C=O) groups excluding carboxylic acids is 2. The summed E-state index contributed by atoms with van der Waals surface area (Å²) < 4.78 is 15.7. The van der Waals surface area contributed by atoms with Crippen LogP contribution in [0.4, 0.5) is 4.79 Å². The Morgan fingerprint density at radius 3 is 2.62 bits per heavy atom. The minimum absolute atomic E-state index is 0.228. The smallest absolute Gasteiger partial charge is 0.417 e. The molecule has 1 aliphatic rings. The molecule has 21 heavy (non-hydrogen) atoms. The number of esters is 1. The number of amides is 1. The maximum absolute atomic E-state index is 12.3. The van der Waals surface area contributed by atoms with Crippen molar-refractivity contribution in [3.8, 4) is 5.75 Å². The molecule has 0 radical (unpaired) electrons. The Balaban J connectivity index is 2.16. The Hall–Kier alpha value is -2.08. The number of para-hydroxylation sites is 1. The predicted molar refractivity (Wildman–Crippen MR) is 74.8 cm³/mol. The third-order valence-corrected chi connectivity index (χ3v) is 3.43. The Labute approximate surface area is 123 Å². The van der Waals surface area contributed by atoms with E-state index in [1.807, 2.05) is 6.07 Å². The van der Waals surface area contributed by atoms with E-state index in [2.05, 4.69) is 0 Å². The number of carbonyl (C=O) groups is 2. The Bertz CT molecular complexity index is 504. The third kappa shape index (κ3) is 3.00. The molecule has 1 fully saturated rings. The third-order valence-electron chi connectivity index (χ3n) is 3.43. The van der Waals surface area contributed by atoms with Gasteiger partial charge in [0.25, 0.3) is 0 Å². The number of rotatable bonds is 4. The average molecular weight is 293 g/mol. The lowest BCUT2D eigenvalue weighted by atomic mass is 10.1. The molecule has 6 heteroatoms. The van der Waals surface area contributed by atoms with Crippen LogP contribution in [-0.4, -0.2) is 42.9 Å². The molecule has 1 atom stereocenters. The number of methoxy groups -OCH3 is 1. The van der Waals surface area contributed by atoms with Crippen molar-refractivity contribution in [2.45, 2.75) is 25.5 Å². The lowest BCUT2D eigenvalue weighted by molar-refractivity contribution is -0.184. The van der Waals surface area contributed by atoms with E-state index in [0.29, 0.717) is 25.1 Å². The van der Waals surface area contributed by atoms with Crippen LogP contribution in [-0.2, 0) is 14.3 Å².